The molecule has 12 nitrogen and oxygen atoms in total. The normalized spacial score (nSPS) is 12.0. The summed E-state index contributed by atoms with van der Waals surface area (Å²) in [5.74, 6) is 0.264. The van der Waals surface area contributed by atoms with Crippen LogP contribution in [-0.4, -0.2) is 114 Å². The summed E-state index contributed by atoms with van der Waals surface area (Å²) in [6, 6.07) is 0. The Bertz CT molecular complexity index is 1000. The van der Waals surface area contributed by atoms with Crippen molar-refractivity contribution >= 4 is 22.2 Å². The van der Waals surface area contributed by atoms with E-state index in [-0.39, 0.29) is 18.4 Å². The van der Waals surface area contributed by atoms with E-state index < -0.39 is 10.4 Å². The maximum atomic E-state index is 12.5. The van der Waals surface area contributed by atoms with E-state index in [0.29, 0.717) is 56.8 Å². The standard InChI is InChI=1S/C43H83N3O5.CH4O4S/c1-4-6-8-10-12-14-16-18-20-22-24-26-28-30-42(48)44-32-34-46(3,36-38-50-40-41-51-39-37-47)35-33-45-43(49)31-29-27-25-23-21-19-17-15-13-11-9-7-5-2;1-5-6(2,3)4/h14-17,47H,4-13,18-41H2,1-3H3,(H-,44,45,48,49);1H3,(H,2,3,4)/b16-14-,17-15-;. The Morgan fingerprint density at radius 1 is 0.579 bits per heavy atom. The van der Waals surface area contributed by atoms with Gasteiger partial charge in [0, 0.05) is 12.8 Å². The van der Waals surface area contributed by atoms with Crippen molar-refractivity contribution in [1.82, 2.24) is 10.6 Å². The molecular weight excluding hydrogens is 747 g/mol. The van der Waals surface area contributed by atoms with E-state index in [1.54, 1.807) is 0 Å². The first-order chi connectivity index (χ1) is 27.5. The summed E-state index contributed by atoms with van der Waals surface area (Å²) >= 11 is 0. The van der Waals surface area contributed by atoms with E-state index in [1.807, 2.05) is 0 Å². The fourth-order valence-electron chi connectivity index (χ4n) is 6.12. The zero-order valence-corrected chi connectivity index (χ0v) is 37.7. The first-order valence-corrected chi connectivity index (χ1v) is 23.8. The molecule has 0 bridgehead atoms. The van der Waals surface area contributed by atoms with Gasteiger partial charge in [0.05, 0.1) is 73.4 Å². The average molecular weight is 834 g/mol. The van der Waals surface area contributed by atoms with E-state index >= 15 is 0 Å². The lowest BCUT2D eigenvalue weighted by Gasteiger charge is -2.34. The Morgan fingerprint density at radius 3 is 1.30 bits per heavy atom. The smallest absolute Gasteiger partial charge is 0.220 e. The second-order valence-electron chi connectivity index (χ2n) is 15.3. The molecule has 3 N–H and O–H groups in total. The molecule has 0 saturated heterocycles. The number of aliphatic hydroxyl groups excluding tert-OH is 1. The van der Waals surface area contributed by atoms with Crippen molar-refractivity contribution in [2.45, 2.75) is 168 Å². The summed E-state index contributed by atoms with van der Waals surface area (Å²) in [5.41, 5.74) is 0. The molecule has 0 spiro atoms. The molecule has 338 valence electrons. The van der Waals surface area contributed by atoms with Crippen LogP contribution in [0, 0.1) is 0 Å². The Kier molecular flexibility index (Phi) is 43.9. The number of nitrogens with zero attached hydrogens (tertiary/aromatic N) is 1. The van der Waals surface area contributed by atoms with Gasteiger partial charge in [-0.25, -0.2) is 8.42 Å². The van der Waals surface area contributed by atoms with Crippen molar-refractivity contribution in [1.29, 1.82) is 0 Å². The number of nitrogens with one attached hydrogen (secondary N) is 2. The van der Waals surface area contributed by atoms with Crippen LogP contribution in [0.15, 0.2) is 24.3 Å². The first kappa shape index (κ1) is 57.2. The van der Waals surface area contributed by atoms with E-state index in [4.69, 9.17) is 14.6 Å². The van der Waals surface area contributed by atoms with Gasteiger partial charge < -0.3 is 34.2 Å². The van der Waals surface area contributed by atoms with Crippen molar-refractivity contribution in [2.24, 2.45) is 0 Å². The Morgan fingerprint density at radius 2 is 0.930 bits per heavy atom. The molecule has 0 aromatic carbocycles. The van der Waals surface area contributed by atoms with Crippen LogP contribution in [0.5, 0.6) is 0 Å². The predicted octanol–water partition coefficient (Wildman–Crippen LogP) is 8.30. The topological polar surface area (TPSA) is 163 Å². The van der Waals surface area contributed by atoms with Crippen LogP contribution >= 0.6 is 0 Å². The van der Waals surface area contributed by atoms with Gasteiger partial charge in [0.25, 0.3) is 0 Å². The number of rotatable bonds is 41. The molecule has 0 unspecified atom stereocenters. The van der Waals surface area contributed by atoms with Gasteiger partial charge in [-0.05, 0) is 64.2 Å². The quantitative estimate of drug-likeness (QED) is 0.0181. The first-order valence-electron chi connectivity index (χ1n) is 22.5. The zero-order chi connectivity index (χ0) is 42.6. The lowest BCUT2D eigenvalue weighted by Crippen LogP contribution is -2.53. The highest BCUT2D eigenvalue weighted by molar-refractivity contribution is 7.80. The predicted molar refractivity (Wildman–Crippen MR) is 233 cm³/mol. The molecule has 0 atom stereocenters. The molecule has 0 aliphatic heterocycles. The highest BCUT2D eigenvalue weighted by Crippen LogP contribution is 2.11. The van der Waals surface area contributed by atoms with Crippen molar-refractivity contribution < 1.29 is 45.8 Å². The third-order valence-electron chi connectivity index (χ3n) is 9.87. The fourth-order valence-corrected chi connectivity index (χ4v) is 6.12. The molecule has 0 aliphatic carbocycles. The second kappa shape index (κ2) is 43.7. The second-order valence-corrected chi connectivity index (χ2v) is 16.4. The highest BCUT2D eigenvalue weighted by Gasteiger charge is 2.22. The summed E-state index contributed by atoms with van der Waals surface area (Å²) in [6.45, 7) is 9.95. The minimum atomic E-state index is -4.41. The van der Waals surface area contributed by atoms with Crippen LogP contribution in [0.2, 0.25) is 0 Å². The van der Waals surface area contributed by atoms with Gasteiger partial charge in [0.2, 0.25) is 22.2 Å². The van der Waals surface area contributed by atoms with Gasteiger partial charge in [-0.2, -0.15) is 0 Å². The number of carbonyl (C=O) groups excluding carboxylic acids is 2. The summed E-state index contributed by atoms with van der Waals surface area (Å²) in [5, 5.41) is 15.1. The summed E-state index contributed by atoms with van der Waals surface area (Å²) in [6.07, 6.45) is 37.4. The molecule has 0 radical (unpaired) electrons. The molecule has 0 aromatic heterocycles. The molecular formula is C44H87N3O9S. The number of hydrogen-bond acceptors (Lipinski definition) is 9. The largest absolute Gasteiger partial charge is 0.726 e. The van der Waals surface area contributed by atoms with Crippen molar-refractivity contribution in [3.8, 4) is 0 Å². The minimum absolute atomic E-state index is 0.0146. The lowest BCUT2D eigenvalue weighted by atomic mass is 10.1. The van der Waals surface area contributed by atoms with Crippen molar-refractivity contribution in [2.75, 3.05) is 79.9 Å². The number of carbonyl (C=O) groups is 2. The van der Waals surface area contributed by atoms with Crippen LogP contribution in [-0.2, 0) is 33.6 Å². The molecule has 0 heterocycles. The van der Waals surface area contributed by atoms with Gasteiger partial charge in [-0.1, -0.05) is 115 Å². The number of likely N-dealkylation sites (N-methyl/N-ethyl adjacent to an activating group) is 1. The third-order valence-corrected chi connectivity index (χ3v) is 10.3. The molecule has 13 heteroatoms. The maximum Gasteiger partial charge on any atom is 0.220 e. The van der Waals surface area contributed by atoms with Crippen molar-refractivity contribution in [3.63, 3.8) is 0 Å². The van der Waals surface area contributed by atoms with Gasteiger partial charge in [0.1, 0.15) is 6.54 Å². The van der Waals surface area contributed by atoms with Crippen LogP contribution in [0.4, 0.5) is 0 Å². The number of quaternary nitrogens is 1. The number of amides is 2. The van der Waals surface area contributed by atoms with E-state index in [9.17, 15) is 22.6 Å². The summed E-state index contributed by atoms with van der Waals surface area (Å²) in [4.78, 5) is 25.1. The molecule has 57 heavy (non-hydrogen) atoms. The maximum absolute atomic E-state index is 12.5. The van der Waals surface area contributed by atoms with Crippen LogP contribution in [0.25, 0.3) is 0 Å². The SMILES string of the molecule is CCCCCC/C=C\CCCCCCCC(=O)NCC[N+](C)(CCNC(=O)CCCCCCC/C=C\CCCCCC)CCOCCOCCO.COS(=O)(=O)[O-]. The summed E-state index contributed by atoms with van der Waals surface area (Å²) in [7, 11) is -1.43. The number of unbranched alkanes of at least 4 members (excludes halogenated alkanes) is 18. The number of hydrogen-bond donors (Lipinski definition) is 3. The van der Waals surface area contributed by atoms with Crippen molar-refractivity contribution in [3.05, 3.63) is 24.3 Å². The van der Waals surface area contributed by atoms with Gasteiger partial charge >= 0.3 is 0 Å². The number of allylic oxidation sites excluding steroid dienone is 4. The lowest BCUT2D eigenvalue weighted by molar-refractivity contribution is -0.907. The number of aliphatic hydroxyl groups is 1. The van der Waals surface area contributed by atoms with E-state index in [0.717, 1.165) is 52.4 Å². The van der Waals surface area contributed by atoms with Gasteiger partial charge in [-0.3, -0.25) is 13.8 Å². The molecule has 0 aliphatic rings. The summed E-state index contributed by atoms with van der Waals surface area (Å²) < 4.78 is 42.8. The van der Waals surface area contributed by atoms with E-state index in [2.05, 4.69) is 60.0 Å². The van der Waals surface area contributed by atoms with Gasteiger partial charge in [0.15, 0.2) is 0 Å². The average Bonchev–Trinajstić information content (AvgIpc) is 3.18. The van der Waals surface area contributed by atoms with Crippen LogP contribution in [0.3, 0.4) is 0 Å². The molecule has 0 aromatic rings. The van der Waals surface area contributed by atoms with Gasteiger partial charge in [-0.15, -0.1) is 0 Å². The van der Waals surface area contributed by atoms with E-state index in [1.165, 1.54) is 116 Å². The molecule has 0 saturated carbocycles. The molecule has 2 amide bonds. The Labute approximate surface area is 349 Å². The Balaban J connectivity index is 0. The minimum Gasteiger partial charge on any atom is -0.726 e. The molecule has 0 fully saturated rings. The molecule has 0 rings (SSSR count). The van der Waals surface area contributed by atoms with Crippen LogP contribution < -0.4 is 10.6 Å². The fraction of sp³-hybridized carbons (Fsp3) is 0.864. The third kappa shape index (κ3) is 48.4. The highest BCUT2D eigenvalue weighted by atomic mass is 32.3. The monoisotopic (exact) mass is 834 g/mol. The number of ether oxygens (including phenoxy) is 2. The Hall–Kier alpha value is -1.87. The zero-order valence-electron chi connectivity index (χ0n) is 36.9. The van der Waals surface area contributed by atoms with Crippen LogP contribution in [0.1, 0.15) is 168 Å².